The monoisotopic (exact) mass is 513 g/mol. The molecule has 0 aliphatic carbocycles. The van der Waals surface area contributed by atoms with Crippen molar-refractivity contribution in [3.8, 4) is 11.5 Å². The number of benzene rings is 2. The summed E-state index contributed by atoms with van der Waals surface area (Å²) < 4.78 is 30.9. The van der Waals surface area contributed by atoms with Gasteiger partial charge >= 0.3 is 0 Å². The van der Waals surface area contributed by atoms with Gasteiger partial charge in [0.2, 0.25) is 5.91 Å². The Morgan fingerprint density at radius 2 is 1.84 bits per heavy atom. The Balaban J connectivity index is 1.97. The zero-order chi connectivity index (χ0) is 27.2. The zero-order valence-electron chi connectivity index (χ0n) is 22.4. The molecule has 3 rings (SSSR count). The van der Waals surface area contributed by atoms with E-state index in [-0.39, 0.29) is 43.9 Å². The molecule has 1 atom stereocenters. The molecule has 2 aromatic rings. The van der Waals surface area contributed by atoms with Gasteiger partial charge in [-0.25, -0.2) is 9.40 Å². The van der Waals surface area contributed by atoms with Crippen molar-refractivity contribution in [2.24, 2.45) is 10.5 Å². The molecule has 1 heterocycles. The van der Waals surface area contributed by atoms with Gasteiger partial charge in [0.25, 0.3) is 5.91 Å². The number of methoxy groups -OCH3 is 3. The first-order valence-electron chi connectivity index (χ1n) is 12.2. The van der Waals surface area contributed by atoms with Gasteiger partial charge in [0, 0.05) is 43.7 Å². The second-order valence-corrected chi connectivity index (χ2v) is 10.1. The SMILES string of the molecule is COCCN(CC(=O)N1N=C(c2ccc(OC)cc2OC)C[C@@H]1c1ccccc1F)C(=O)CC(C)(C)C. The third-order valence-electron chi connectivity index (χ3n) is 6.08. The Labute approximate surface area is 218 Å². The molecule has 0 bridgehead atoms. The smallest absolute Gasteiger partial charge is 0.262 e. The van der Waals surface area contributed by atoms with Gasteiger partial charge < -0.3 is 19.1 Å². The second kappa shape index (κ2) is 12.2. The van der Waals surface area contributed by atoms with Crippen LogP contribution in [0.15, 0.2) is 47.6 Å². The van der Waals surface area contributed by atoms with Crippen molar-refractivity contribution in [1.29, 1.82) is 0 Å². The number of hydrogen-bond donors (Lipinski definition) is 0. The number of carbonyl (C=O) groups is 2. The lowest BCUT2D eigenvalue weighted by Gasteiger charge is -2.29. The Kier molecular flexibility index (Phi) is 9.26. The summed E-state index contributed by atoms with van der Waals surface area (Å²) in [6.07, 6.45) is 0.557. The van der Waals surface area contributed by atoms with Crippen LogP contribution < -0.4 is 9.47 Å². The van der Waals surface area contributed by atoms with Crippen molar-refractivity contribution >= 4 is 17.5 Å². The molecule has 2 aromatic carbocycles. The van der Waals surface area contributed by atoms with Gasteiger partial charge in [-0.2, -0.15) is 5.10 Å². The van der Waals surface area contributed by atoms with Gasteiger partial charge in [-0.05, 0) is 23.6 Å². The summed E-state index contributed by atoms with van der Waals surface area (Å²) in [6.45, 7) is 6.26. The lowest BCUT2D eigenvalue weighted by molar-refractivity contribution is -0.143. The van der Waals surface area contributed by atoms with E-state index in [1.807, 2.05) is 20.8 Å². The van der Waals surface area contributed by atoms with E-state index in [2.05, 4.69) is 5.10 Å². The molecule has 8 nitrogen and oxygen atoms in total. The average molecular weight is 514 g/mol. The molecule has 200 valence electrons. The highest BCUT2D eigenvalue weighted by Crippen LogP contribution is 2.37. The zero-order valence-corrected chi connectivity index (χ0v) is 22.4. The highest BCUT2D eigenvalue weighted by atomic mass is 19.1. The van der Waals surface area contributed by atoms with Gasteiger partial charge in [-0.3, -0.25) is 9.59 Å². The number of hydrazone groups is 1. The molecule has 0 fully saturated rings. The molecule has 9 heteroatoms. The third kappa shape index (κ3) is 7.07. The fourth-order valence-corrected chi connectivity index (χ4v) is 4.22. The predicted octanol–water partition coefficient (Wildman–Crippen LogP) is 4.43. The Morgan fingerprint density at radius 3 is 2.46 bits per heavy atom. The number of ether oxygens (including phenoxy) is 3. The van der Waals surface area contributed by atoms with E-state index >= 15 is 0 Å². The van der Waals surface area contributed by atoms with Crippen molar-refractivity contribution in [2.45, 2.75) is 39.7 Å². The van der Waals surface area contributed by atoms with Crippen LogP contribution in [0, 0.1) is 11.2 Å². The number of amides is 2. The topological polar surface area (TPSA) is 80.7 Å². The molecule has 1 aliphatic heterocycles. The maximum atomic E-state index is 14.9. The maximum Gasteiger partial charge on any atom is 0.262 e. The number of hydrogen-bond acceptors (Lipinski definition) is 6. The van der Waals surface area contributed by atoms with E-state index in [0.717, 1.165) is 0 Å². The summed E-state index contributed by atoms with van der Waals surface area (Å²) in [5, 5.41) is 5.93. The summed E-state index contributed by atoms with van der Waals surface area (Å²) in [4.78, 5) is 28.1. The number of nitrogens with zero attached hydrogens (tertiary/aromatic N) is 3. The van der Waals surface area contributed by atoms with Crippen LogP contribution in [0.5, 0.6) is 11.5 Å². The largest absolute Gasteiger partial charge is 0.497 e. The average Bonchev–Trinajstić information content (AvgIpc) is 3.30. The molecule has 0 spiro atoms. The van der Waals surface area contributed by atoms with Gasteiger partial charge in [0.05, 0.1) is 32.6 Å². The molecule has 0 N–H and O–H groups in total. The summed E-state index contributed by atoms with van der Waals surface area (Å²) >= 11 is 0. The highest BCUT2D eigenvalue weighted by Gasteiger charge is 2.36. The van der Waals surface area contributed by atoms with Crippen molar-refractivity contribution in [3.63, 3.8) is 0 Å². The minimum absolute atomic E-state index is 0.152. The van der Waals surface area contributed by atoms with E-state index in [9.17, 15) is 14.0 Å². The van der Waals surface area contributed by atoms with Gasteiger partial charge in [0.1, 0.15) is 23.9 Å². The minimum Gasteiger partial charge on any atom is -0.497 e. The van der Waals surface area contributed by atoms with E-state index in [1.54, 1.807) is 57.7 Å². The van der Waals surface area contributed by atoms with E-state index in [1.165, 1.54) is 16.0 Å². The lowest BCUT2D eigenvalue weighted by Crippen LogP contribution is -2.43. The van der Waals surface area contributed by atoms with E-state index < -0.39 is 17.8 Å². The van der Waals surface area contributed by atoms with Gasteiger partial charge in [0.15, 0.2) is 0 Å². The number of halogens is 1. The van der Waals surface area contributed by atoms with E-state index in [0.29, 0.717) is 28.3 Å². The molecule has 0 unspecified atom stereocenters. The predicted molar refractivity (Wildman–Crippen MR) is 139 cm³/mol. The third-order valence-corrected chi connectivity index (χ3v) is 6.08. The van der Waals surface area contributed by atoms with E-state index in [4.69, 9.17) is 14.2 Å². The van der Waals surface area contributed by atoms with Crippen LogP contribution in [0.4, 0.5) is 4.39 Å². The summed E-state index contributed by atoms with van der Waals surface area (Å²) in [5.74, 6) is 0.156. The Bertz CT molecular complexity index is 1140. The maximum absolute atomic E-state index is 14.9. The summed E-state index contributed by atoms with van der Waals surface area (Å²) in [5.41, 5.74) is 1.36. The van der Waals surface area contributed by atoms with Crippen LogP contribution in [-0.4, -0.2) is 68.5 Å². The first-order valence-corrected chi connectivity index (χ1v) is 12.2. The fourth-order valence-electron chi connectivity index (χ4n) is 4.22. The normalized spacial score (nSPS) is 15.4. The van der Waals surface area contributed by atoms with Crippen molar-refractivity contribution in [2.75, 3.05) is 41.0 Å². The molecular weight excluding hydrogens is 477 g/mol. The highest BCUT2D eigenvalue weighted by molar-refractivity contribution is 6.05. The first-order chi connectivity index (χ1) is 17.6. The van der Waals surface area contributed by atoms with Crippen molar-refractivity contribution in [1.82, 2.24) is 9.91 Å². The van der Waals surface area contributed by atoms with Crippen molar-refractivity contribution < 1.29 is 28.2 Å². The molecule has 0 saturated heterocycles. The Morgan fingerprint density at radius 1 is 1.11 bits per heavy atom. The summed E-state index contributed by atoms with van der Waals surface area (Å²) in [6, 6.07) is 11.0. The van der Waals surface area contributed by atoms with Crippen LogP contribution in [0.25, 0.3) is 0 Å². The fraction of sp³-hybridized carbons (Fsp3) is 0.464. The minimum atomic E-state index is -0.669. The van der Waals surface area contributed by atoms with Crippen LogP contribution in [0.3, 0.4) is 0 Å². The quantitative estimate of drug-likeness (QED) is 0.470. The standard InChI is InChI=1S/C28H36FN3O5/c1-28(2,3)17-26(33)31(13-14-35-4)18-27(34)32-24(20-9-7-8-10-22(20)29)16-23(30-32)21-12-11-19(36-5)15-25(21)37-6/h7-12,15,24H,13-14,16-18H2,1-6H3/t24-/m1/s1. The lowest BCUT2D eigenvalue weighted by atomic mass is 9.91. The number of rotatable bonds is 10. The molecular formula is C28H36FN3O5. The number of carbonyl (C=O) groups excluding carboxylic acids is 2. The first kappa shape index (κ1) is 28.1. The summed E-state index contributed by atoms with van der Waals surface area (Å²) in [7, 11) is 4.65. The molecule has 0 saturated carbocycles. The molecule has 37 heavy (non-hydrogen) atoms. The molecule has 1 aliphatic rings. The molecule has 0 aromatic heterocycles. The van der Waals surface area contributed by atoms with Gasteiger partial charge in [-0.15, -0.1) is 0 Å². The van der Waals surface area contributed by atoms with Gasteiger partial charge in [-0.1, -0.05) is 39.0 Å². The van der Waals surface area contributed by atoms with Crippen LogP contribution in [0.2, 0.25) is 0 Å². The molecule has 2 amide bonds. The van der Waals surface area contributed by atoms with Crippen LogP contribution in [-0.2, 0) is 14.3 Å². The van der Waals surface area contributed by atoms with Crippen LogP contribution in [0.1, 0.15) is 50.8 Å². The van der Waals surface area contributed by atoms with Crippen LogP contribution >= 0.6 is 0 Å². The second-order valence-electron chi connectivity index (χ2n) is 10.1. The molecule has 0 radical (unpaired) electrons. The van der Waals surface area contributed by atoms with Crippen molar-refractivity contribution in [3.05, 3.63) is 59.4 Å². The Hall–Kier alpha value is -3.46.